The summed E-state index contributed by atoms with van der Waals surface area (Å²) >= 11 is 0. The predicted octanol–water partition coefficient (Wildman–Crippen LogP) is 1.42. The van der Waals surface area contributed by atoms with E-state index in [0.717, 1.165) is 0 Å². The van der Waals surface area contributed by atoms with Gasteiger partial charge in [-0.1, -0.05) is 11.8 Å². The molecular weight excluding hydrogens is 270 g/mol. The van der Waals surface area contributed by atoms with Crippen LogP contribution in [-0.4, -0.2) is 28.3 Å². The van der Waals surface area contributed by atoms with Crippen LogP contribution in [0.1, 0.15) is 38.3 Å². The lowest BCUT2D eigenvalue weighted by molar-refractivity contribution is 0.0529. The van der Waals surface area contributed by atoms with Crippen LogP contribution in [0.15, 0.2) is 12.3 Å². The molecule has 0 aliphatic heterocycles. The number of aromatic nitrogens is 1. The van der Waals surface area contributed by atoms with Crippen LogP contribution in [-0.2, 0) is 11.3 Å². The minimum Gasteiger partial charge on any atom is -0.444 e. The fourth-order valence-corrected chi connectivity index (χ4v) is 1.42. The van der Waals surface area contributed by atoms with Crippen LogP contribution in [0.2, 0.25) is 0 Å². The van der Waals surface area contributed by atoms with Crippen LogP contribution in [0.5, 0.6) is 0 Å². The number of anilines is 1. The average Bonchev–Trinajstić information content (AvgIpc) is 2.38. The topological polar surface area (TPSA) is 97.5 Å². The van der Waals surface area contributed by atoms with E-state index in [1.807, 2.05) is 0 Å². The van der Waals surface area contributed by atoms with E-state index in [4.69, 9.17) is 15.6 Å². The molecule has 1 aromatic heterocycles. The second kappa shape index (κ2) is 7.50. The third kappa shape index (κ3) is 6.63. The molecule has 1 heterocycles. The Kier molecular flexibility index (Phi) is 6.00. The van der Waals surface area contributed by atoms with Gasteiger partial charge in [0.25, 0.3) is 0 Å². The number of nitrogens with two attached hydrogens (primary N) is 1. The molecule has 0 saturated carbocycles. The SMILES string of the molecule is CC(C)(C)OC(=O)NCCC#Cc1cnc(N)c(CO)c1. The Hall–Kier alpha value is -2.26. The minimum atomic E-state index is -0.508. The summed E-state index contributed by atoms with van der Waals surface area (Å²) in [6, 6.07) is 1.69. The Bertz CT molecular complexity index is 554. The van der Waals surface area contributed by atoms with Gasteiger partial charge in [0.15, 0.2) is 0 Å². The lowest BCUT2D eigenvalue weighted by Gasteiger charge is -2.19. The molecule has 0 fully saturated rings. The van der Waals surface area contributed by atoms with Crippen molar-refractivity contribution >= 4 is 11.9 Å². The van der Waals surface area contributed by atoms with Gasteiger partial charge in [-0.05, 0) is 26.8 Å². The molecule has 4 N–H and O–H groups in total. The Morgan fingerprint density at radius 1 is 1.52 bits per heavy atom. The maximum atomic E-state index is 11.4. The van der Waals surface area contributed by atoms with E-state index in [1.54, 1.807) is 33.0 Å². The average molecular weight is 291 g/mol. The van der Waals surface area contributed by atoms with Crippen molar-refractivity contribution < 1.29 is 14.6 Å². The summed E-state index contributed by atoms with van der Waals surface area (Å²) in [6.07, 6.45) is 1.57. The molecule has 0 aliphatic carbocycles. The summed E-state index contributed by atoms with van der Waals surface area (Å²) in [5.41, 5.74) is 6.29. The van der Waals surface area contributed by atoms with E-state index in [1.165, 1.54) is 0 Å². The van der Waals surface area contributed by atoms with E-state index < -0.39 is 11.7 Å². The van der Waals surface area contributed by atoms with Gasteiger partial charge in [0.1, 0.15) is 11.4 Å². The van der Waals surface area contributed by atoms with Crippen molar-refractivity contribution in [3.8, 4) is 11.8 Å². The van der Waals surface area contributed by atoms with Crippen LogP contribution in [0.4, 0.5) is 10.6 Å². The van der Waals surface area contributed by atoms with Gasteiger partial charge >= 0.3 is 6.09 Å². The monoisotopic (exact) mass is 291 g/mol. The molecule has 6 nitrogen and oxygen atoms in total. The Labute approximate surface area is 124 Å². The number of nitrogen functional groups attached to an aromatic ring is 1. The summed E-state index contributed by atoms with van der Waals surface area (Å²) < 4.78 is 5.10. The third-order valence-electron chi connectivity index (χ3n) is 2.32. The van der Waals surface area contributed by atoms with E-state index in [9.17, 15) is 4.79 Å². The molecule has 1 aromatic rings. The molecule has 0 atom stereocenters. The number of hydrogen-bond acceptors (Lipinski definition) is 5. The van der Waals surface area contributed by atoms with E-state index >= 15 is 0 Å². The number of amides is 1. The zero-order valence-electron chi connectivity index (χ0n) is 12.6. The molecule has 21 heavy (non-hydrogen) atoms. The van der Waals surface area contributed by atoms with E-state index in [-0.39, 0.29) is 6.61 Å². The third-order valence-corrected chi connectivity index (χ3v) is 2.32. The normalized spacial score (nSPS) is 10.5. The highest BCUT2D eigenvalue weighted by molar-refractivity contribution is 5.67. The highest BCUT2D eigenvalue weighted by Crippen LogP contribution is 2.09. The van der Waals surface area contributed by atoms with Crippen LogP contribution in [0, 0.1) is 11.8 Å². The molecule has 0 radical (unpaired) electrons. The van der Waals surface area contributed by atoms with Crippen molar-refractivity contribution in [1.29, 1.82) is 0 Å². The Morgan fingerprint density at radius 2 is 2.24 bits per heavy atom. The number of nitrogens with one attached hydrogen (secondary N) is 1. The van der Waals surface area contributed by atoms with Gasteiger partial charge in [-0.25, -0.2) is 9.78 Å². The predicted molar refractivity (Wildman–Crippen MR) is 80.3 cm³/mol. The van der Waals surface area contributed by atoms with Crippen molar-refractivity contribution in [1.82, 2.24) is 10.3 Å². The highest BCUT2D eigenvalue weighted by Gasteiger charge is 2.15. The molecule has 0 unspecified atom stereocenters. The van der Waals surface area contributed by atoms with Crippen molar-refractivity contribution in [2.45, 2.75) is 39.4 Å². The van der Waals surface area contributed by atoms with Crippen LogP contribution >= 0.6 is 0 Å². The zero-order valence-corrected chi connectivity index (χ0v) is 12.6. The summed E-state index contributed by atoms with van der Waals surface area (Å²) in [6.45, 7) is 5.64. The van der Waals surface area contributed by atoms with Crippen molar-refractivity contribution in [3.05, 3.63) is 23.4 Å². The van der Waals surface area contributed by atoms with Crippen molar-refractivity contribution in [2.75, 3.05) is 12.3 Å². The molecule has 0 aliphatic rings. The van der Waals surface area contributed by atoms with E-state index in [2.05, 4.69) is 22.1 Å². The lowest BCUT2D eigenvalue weighted by atomic mass is 10.2. The standard InChI is InChI=1S/C15H21N3O3/c1-15(2,3)21-14(20)17-7-5-4-6-11-8-12(10-19)13(16)18-9-11/h8-9,19H,5,7,10H2,1-3H3,(H2,16,18)(H,17,20). The molecule has 0 spiro atoms. The number of aliphatic hydroxyl groups is 1. The number of carbonyl (C=O) groups excluding carboxylic acids is 1. The van der Waals surface area contributed by atoms with Gasteiger partial charge in [0.05, 0.1) is 6.61 Å². The number of nitrogens with zero attached hydrogens (tertiary/aromatic N) is 1. The molecule has 1 rings (SSSR count). The Morgan fingerprint density at radius 3 is 2.86 bits per heavy atom. The number of rotatable bonds is 3. The van der Waals surface area contributed by atoms with Crippen LogP contribution < -0.4 is 11.1 Å². The lowest BCUT2D eigenvalue weighted by Crippen LogP contribution is -2.32. The van der Waals surface area contributed by atoms with Gasteiger partial charge in [0, 0.05) is 30.3 Å². The molecule has 114 valence electrons. The zero-order chi connectivity index (χ0) is 15.9. The first-order chi connectivity index (χ1) is 9.81. The minimum absolute atomic E-state index is 0.172. The maximum Gasteiger partial charge on any atom is 0.407 e. The summed E-state index contributed by atoms with van der Waals surface area (Å²) in [5, 5.41) is 11.7. The smallest absolute Gasteiger partial charge is 0.407 e. The molecule has 0 saturated heterocycles. The largest absolute Gasteiger partial charge is 0.444 e. The van der Waals surface area contributed by atoms with Gasteiger partial charge in [0.2, 0.25) is 0 Å². The fourth-order valence-electron chi connectivity index (χ4n) is 1.42. The maximum absolute atomic E-state index is 11.4. The number of pyridine rings is 1. The number of hydrogen-bond donors (Lipinski definition) is 3. The van der Waals surface area contributed by atoms with Crippen molar-refractivity contribution in [3.63, 3.8) is 0 Å². The number of alkyl carbamates (subject to hydrolysis) is 1. The first-order valence-corrected chi connectivity index (χ1v) is 6.63. The van der Waals surface area contributed by atoms with Crippen molar-refractivity contribution in [2.24, 2.45) is 0 Å². The molecule has 0 aromatic carbocycles. The van der Waals surface area contributed by atoms with Crippen LogP contribution in [0.25, 0.3) is 0 Å². The van der Waals surface area contributed by atoms with Gasteiger partial charge < -0.3 is 20.9 Å². The molecule has 6 heteroatoms. The quantitative estimate of drug-likeness (QED) is 0.578. The fraction of sp³-hybridized carbons (Fsp3) is 0.467. The molecule has 1 amide bonds. The second-order valence-corrected chi connectivity index (χ2v) is 5.41. The first-order valence-electron chi connectivity index (χ1n) is 6.63. The van der Waals surface area contributed by atoms with Gasteiger partial charge in [-0.3, -0.25) is 0 Å². The Balaban J connectivity index is 2.42. The molecular formula is C15H21N3O3. The summed E-state index contributed by atoms with van der Waals surface area (Å²) in [4.78, 5) is 15.3. The summed E-state index contributed by atoms with van der Waals surface area (Å²) in [5.74, 6) is 6.11. The molecule has 0 bridgehead atoms. The number of carbonyl (C=O) groups is 1. The number of ether oxygens (including phenoxy) is 1. The van der Waals surface area contributed by atoms with Crippen LogP contribution in [0.3, 0.4) is 0 Å². The number of aliphatic hydroxyl groups excluding tert-OH is 1. The summed E-state index contributed by atoms with van der Waals surface area (Å²) in [7, 11) is 0. The van der Waals surface area contributed by atoms with Gasteiger partial charge in [-0.2, -0.15) is 0 Å². The van der Waals surface area contributed by atoms with Gasteiger partial charge in [-0.15, -0.1) is 0 Å². The van der Waals surface area contributed by atoms with E-state index in [0.29, 0.717) is 29.9 Å². The second-order valence-electron chi connectivity index (χ2n) is 5.41. The highest BCUT2D eigenvalue weighted by atomic mass is 16.6. The first kappa shape index (κ1) is 16.8.